The lowest BCUT2D eigenvalue weighted by Gasteiger charge is -2.45. The highest BCUT2D eigenvalue weighted by atomic mass is 16.5. The molecule has 1 aromatic rings. The van der Waals surface area contributed by atoms with Gasteiger partial charge in [-0.2, -0.15) is 5.10 Å². The molecule has 1 aromatic heterocycles. The standard InChI is InChI=1S/C13H24N4O/c1-11-6-13(10-14,4-5-18-11)16(2)8-12-7-15-17(3)9-12/h7,9,11H,4-6,8,10,14H2,1-3H3. The van der Waals surface area contributed by atoms with E-state index in [1.807, 2.05) is 17.9 Å². The van der Waals surface area contributed by atoms with Gasteiger partial charge in [0.05, 0.1) is 12.3 Å². The molecular formula is C13H24N4O. The second-order valence-corrected chi connectivity index (χ2v) is 5.44. The Balaban J connectivity index is 2.07. The van der Waals surface area contributed by atoms with Crippen LogP contribution < -0.4 is 5.73 Å². The van der Waals surface area contributed by atoms with Crippen LogP contribution in [-0.4, -0.2) is 46.5 Å². The molecule has 0 aliphatic carbocycles. The van der Waals surface area contributed by atoms with Gasteiger partial charge in [-0.3, -0.25) is 9.58 Å². The highest BCUT2D eigenvalue weighted by Gasteiger charge is 2.37. The molecule has 0 aromatic carbocycles. The van der Waals surface area contributed by atoms with Gasteiger partial charge in [-0.1, -0.05) is 0 Å². The number of aryl methyl sites for hydroxylation is 1. The number of ether oxygens (including phenoxy) is 1. The highest BCUT2D eigenvalue weighted by molar-refractivity contribution is 5.06. The van der Waals surface area contributed by atoms with E-state index in [2.05, 4.69) is 30.2 Å². The molecule has 0 amide bonds. The van der Waals surface area contributed by atoms with Gasteiger partial charge in [0.15, 0.2) is 0 Å². The quantitative estimate of drug-likeness (QED) is 0.859. The van der Waals surface area contributed by atoms with Crippen molar-refractivity contribution >= 4 is 0 Å². The predicted octanol–water partition coefficient (Wildman–Crippen LogP) is 0.748. The Morgan fingerprint density at radius 2 is 2.44 bits per heavy atom. The third-order valence-corrected chi connectivity index (χ3v) is 4.01. The van der Waals surface area contributed by atoms with E-state index in [-0.39, 0.29) is 5.54 Å². The zero-order chi connectivity index (χ0) is 13.2. The van der Waals surface area contributed by atoms with Gasteiger partial charge in [0.2, 0.25) is 0 Å². The summed E-state index contributed by atoms with van der Waals surface area (Å²) in [5, 5.41) is 4.21. The molecule has 2 rings (SSSR count). The molecule has 0 saturated carbocycles. The highest BCUT2D eigenvalue weighted by Crippen LogP contribution is 2.30. The van der Waals surface area contributed by atoms with Crippen molar-refractivity contribution in [1.82, 2.24) is 14.7 Å². The molecule has 1 aliphatic rings. The summed E-state index contributed by atoms with van der Waals surface area (Å²) in [5.74, 6) is 0. The molecule has 5 heteroatoms. The summed E-state index contributed by atoms with van der Waals surface area (Å²) in [5.41, 5.74) is 7.33. The molecule has 5 nitrogen and oxygen atoms in total. The van der Waals surface area contributed by atoms with Crippen molar-refractivity contribution in [2.24, 2.45) is 12.8 Å². The number of hydrogen-bond donors (Lipinski definition) is 1. The lowest BCUT2D eigenvalue weighted by molar-refractivity contribution is -0.0584. The smallest absolute Gasteiger partial charge is 0.0565 e. The second kappa shape index (κ2) is 5.38. The minimum atomic E-state index is 0.0630. The number of nitrogens with two attached hydrogens (primary N) is 1. The van der Waals surface area contributed by atoms with Crippen LogP contribution in [0.1, 0.15) is 25.3 Å². The third kappa shape index (κ3) is 2.74. The number of aromatic nitrogens is 2. The fourth-order valence-corrected chi connectivity index (χ4v) is 2.83. The van der Waals surface area contributed by atoms with Crippen molar-refractivity contribution in [3.8, 4) is 0 Å². The van der Waals surface area contributed by atoms with E-state index >= 15 is 0 Å². The van der Waals surface area contributed by atoms with Crippen LogP contribution >= 0.6 is 0 Å². The van der Waals surface area contributed by atoms with E-state index in [0.717, 1.165) is 26.0 Å². The number of likely N-dealkylation sites (N-methyl/N-ethyl adjacent to an activating group) is 1. The molecule has 102 valence electrons. The Morgan fingerprint density at radius 1 is 1.67 bits per heavy atom. The van der Waals surface area contributed by atoms with E-state index in [0.29, 0.717) is 12.6 Å². The molecule has 2 N–H and O–H groups in total. The molecule has 2 atom stereocenters. The average molecular weight is 252 g/mol. The fourth-order valence-electron chi connectivity index (χ4n) is 2.83. The van der Waals surface area contributed by atoms with Gasteiger partial charge in [-0.15, -0.1) is 0 Å². The first-order chi connectivity index (χ1) is 8.55. The summed E-state index contributed by atoms with van der Waals surface area (Å²) in [4.78, 5) is 2.36. The monoisotopic (exact) mass is 252 g/mol. The molecule has 0 bridgehead atoms. The number of rotatable bonds is 4. The zero-order valence-corrected chi connectivity index (χ0v) is 11.6. The van der Waals surface area contributed by atoms with Crippen LogP contribution in [0.2, 0.25) is 0 Å². The van der Waals surface area contributed by atoms with E-state index in [9.17, 15) is 0 Å². The van der Waals surface area contributed by atoms with Crippen molar-refractivity contribution in [2.45, 2.75) is 38.0 Å². The van der Waals surface area contributed by atoms with E-state index in [1.54, 1.807) is 0 Å². The van der Waals surface area contributed by atoms with Crippen molar-refractivity contribution in [3.63, 3.8) is 0 Å². The Morgan fingerprint density at radius 3 is 3.00 bits per heavy atom. The molecular weight excluding hydrogens is 228 g/mol. The fraction of sp³-hybridized carbons (Fsp3) is 0.769. The molecule has 1 saturated heterocycles. The molecule has 1 fully saturated rings. The van der Waals surface area contributed by atoms with Crippen molar-refractivity contribution in [3.05, 3.63) is 18.0 Å². The summed E-state index contributed by atoms with van der Waals surface area (Å²) in [7, 11) is 4.09. The van der Waals surface area contributed by atoms with Gasteiger partial charge < -0.3 is 10.5 Å². The maximum absolute atomic E-state index is 6.04. The largest absolute Gasteiger partial charge is 0.378 e. The summed E-state index contributed by atoms with van der Waals surface area (Å²) in [6.45, 7) is 4.49. The minimum Gasteiger partial charge on any atom is -0.378 e. The SMILES string of the molecule is CC1CC(CN)(N(C)Cc2cnn(C)c2)CCO1. The lowest BCUT2D eigenvalue weighted by Crippen LogP contribution is -2.56. The first-order valence-electron chi connectivity index (χ1n) is 6.56. The molecule has 18 heavy (non-hydrogen) atoms. The van der Waals surface area contributed by atoms with Gasteiger partial charge in [0.1, 0.15) is 0 Å². The van der Waals surface area contributed by atoms with Crippen LogP contribution in [0, 0.1) is 0 Å². The topological polar surface area (TPSA) is 56.3 Å². The Kier molecular flexibility index (Phi) is 4.04. The first kappa shape index (κ1) is 13.5. The van der Waals surface area contributed by atoms with E-state index in [1.165, 1.54) is 5.56 Å². The Hall–Kier alpha value is -0.910. The van der Waals surface area contributed by atoms with Gasteiger partial charge in [0.25, 0.3) is 0 Å². The first-order valence-corrected chi connectivity index (χ1v) is 6.56. The van der Waals surface area contributed by atoms with Crippen LogP contribution in [0.3, 0.4) is 0 Å². The maximum atomic E-state index is 6.04. The molecule has 0 spiro atoms. The van der Waals surface area contributed by atoms with Gasteiger partial charge >= 0.3 is 0 Å². The number of nitrogens with zero attached hydrogens (tertiary/aromatic N) is 3. The van der Waals surface area contributed by atoms with Gasteiger partial charge in [0, 0.05) is 44.0 Å². The van der Waals surface area contributed by atoms with Crippen molar-refractivity contribution < 1.29 is 4.74 Å². The van der Waals surface area contributed by atoms with Crippen molar-refractivity contribution in [1.29, 1.82) is 0 Å². The summed E-state index contributed by atoms with van der Waals surface area (Å²) >= 11 is 0. The molecule has 0 radical (unpaired) electrons. The van der Waals surface area contributed by atoms with E-state index < -0.39 is 0 Å². The van der Waals surface area contributed by atoms with Crippen LogP contribution in [0.25, 0.3) is 0 Å². The summed E-state index contributed by atoms with van der Waals surface area (Å²) < 4.78 is 7.48. The summed E-state index contributed by atoms with van der Waals surface area (Å²) in [6.07, 6.45) is 6.27. The van der Waals surface area contributed by atoms with Crippen molar-refractivity contribution in [2.75, 3.05) is 20.2 Å². The van der Waals surface area contributed by atoms with Crippen LogP contribution in [0.4, 0.5) is 0 Å². The molecule has 2 unspecified atom stereocenters. The number of hydrogen-bond acceptors (Lipinski definition) is 4. The maximum Gasteiger partial charge on any atom is 0.0565 e. The normalized spacial score (nSPS) is 28.8. The predicted molar refractivity (Wildman–Crippen MR) is 71.1 cm³/mol. The third-order valence-electron chi connectivity index (χ3n) is 4.01. The van der Waals surface area contributed by atoms with Gasteiger partial charge in [-0.25, -0.2) is 0 Å². The van der Waals surface area contributed by atoms with Crippen LogP contribution in [-0.2, 0) is 18.3 Å². The van der Waals surface area contributed by atoms with Gasteiger partial charge in [-0.05, 0) is 26.8 Å². The molecule has 1 aliphatic heterocycles. The Bertz CT molecular complexity index is 392. The van der Waals surface area contributed by atoms with Crippen LogP contribution in [0.5, 0.6) is 0 Å². The summed E-state index contributed by atoms with van der Waals surface area (Å²) in [6, 6.07) is 0. The van der Waals surface area contributed by atoms with Crippen LogP contribution in [0.15, 0.2) is 12.4 Å². The lowest BCUT2D eigenvalue weighted by atomic mass is 9.85. The Labute approximate surface area is 109 Å². The zero-order valence-electron chi connectivity index (χ0n) is 11.6. The average Bonchev–Trinajstić information content (AvgIpc) is 2.74. The minimum absolute atomic E-state index is 0.0630. The molecule has 2 heterocycles. The second-order valence-electron chi connectivity index (χ2n) is 5.44. The van der Waals surface area contributed by atoms with E-state index in [4.69, 9.17) is 10.5 Å².